The van der Waals surface area contributed by atoms with Gasteiger partial charge in [0.25, 0.3) is 0 Å². The van der Waals surface area contributed by atoms with Crippen molar-refractivity contribution in [2.75, 3.05) is 36.5 Å². The molecule has 0 saturated carbocycles. The first-order chi connectivity index (χ1) is 10.1. The highest BCUT2D eigenvalue weighted by molar-refractivity contribution is 7.99. The topological polar surface area (TPSA) is 61.4 Å². The highest BCUT2D eigenvalue weighted by Gasteiger charge is 2.15. The van der Waals surface area contributed by atoms with Crippen LogP contribution in [0.5, 0.6) is 0 Å². The first-order valence-corrected chi connectivity index (χ1v) is 8.27. The van der Waals surface area contributed by atoms with E-state index < -0.39 is 0 Å². The van der Waals surface area contributed by atoms with E-state index in [-0.39, 0.29) is 11.9 Å². The maximum absolute atomic E-state index is 11.9. The quantitative estimate of drug-likeness (QED) is 0.894. The van der Waals surface area contributed by atoms with Crippen molar-refractivity contribution in [3.8, 4) is 0 Å². The second kappa shape index (κ2) is 7.93. The fourth-order valence-electron chi connectivity index (χ4n) is 2.15. The standard InChI is InChI=1S/C15H21N3O2S/c1-12(19)17-14-4-2-13(3-5-14)6-7-16-15(20)18-8-10-21-11-9-18/h2-5H,6-11H2,1H3,(H,16,20)(H,17,19). The second-order valence-corrected chi connectivity index (χ2v) is 6.18. The molecule has 1 aromatic carbocycles. The molecule has 1 heterocycles. The monoisotopic (exact) mass is 307 g/mol. The van der Waals surface area contributed by atoms with Gasteiger partial charge in [-0.2, -0.15) is 11.8 Å². The van der Waals surface area contributed by atoms with E-state index in [2.05, 4.69) is 10.6 Å². The van der Waals surface area contributed by atoms with Gasteiger partial charge in [-0.25, -0.2) is 4.79 Å². The molecule has 0 aliphatic carbocycles. The first kappa shape index (κ1) is 15.7. The molecule has 1 saturated heterocycles. The Morgan fingerprint density at radius 2 is 1.86 bits per heavy atom. The average Bonchev–Trinajstić information content (AvgIpc) is 2.49. The van der Waals surface area contributed by atoms with Crippen molar-refractivity contribution in [3.63, 3.8) is 0 Å². The molecule has 0 atom stereocenters. The van der Waals surface area contributed by atoms with E-state index in [0.717, 1.165) is 42.3 Å². The Bertz CT molecular complexity index is 484. The predicted octanol–water partition coefficient (Wildman–Crippen LogP) is 1.95. The maximum Gasteiger partial charge on any atom is 0.317 e. The molecule has 1 aromatic rings. The van der Waals surface area contributed by atoms with Crippen molar-refractivity contribution < 1.29 is 9.59 Å². The van der Waals surface area contributed by atoms with E-state index in [1.807, 2.05) is 40.9 Å². The van der Waals surface area contributed by atoms with Crippen LogP contribution in [0.2, 0.25) is 0 Å². The summed E-state index contributed by atoms with van der Waals surface area (Å²) in [5.41, 5.74) is 1.93. The third kappa shape index (κ3) is 5.30. The Labute approximate surface area is 129 Å². The molecule has 6 heteroatoms. The number of carbonyl (C=O) groups excluding carboxylic acids is 2. The lowest BCUT2D eigenvalue weighted by atomic mass is 10.1. The van der Waals surface area contributed by atoms with E-state index >= 15 is 0 Å². The van der Waals surface area contributed by atoms with E-state index in [0.29, 0.717) is 6.54 Å². The van der Waals surface area contributed by atoms with Crippen LogP contribution in [0.3, 0.4) is 0 Å². The number of carbonyl (C=O) groups is 2. The number of hydrogen-bond donors (Lipinski definition) is 2. The summed E-state index contributed by atoms with van der Waals surface area (Å²) < 4.78 is 0. The number of nitrogens with one attached hydrogen (secondary N) is 2. The van der Waals surface area contributed by atoms with Crippen molar-refractivity contribution in [2.24, 2.45) is 0 Å². The zero-order valence-corrected chi connectivity index (χ0v) is 13.0. The second-order valence-electron chi connectivity index (χ2n) is 4.96. The van der Waals surface area contributed by atoms with Gasteiger partial charge < -0.3 is 15.5 Å². The molecule has 114 valence electrons. The van der Waals surface area contributed by atoms with Crippen LogP contribution >= 0.6 is 11.8 Å². The predicted molar refractivity (Wildman–Crippen MR) is 86.7 cm³/mol. The van der Waals surface area contributed by atoms with E-state index in [9.17, 15) is 9.59 Å². The number of rotatable bonds is 4. The summed E-state index contributed by atoms with van der Waals surface area (Å²) in [6, 6.07) is 7.72. The molecular weight excluding hydrogens is 286 g/mol. The summed E-state index contributed by atoms with van der Waals surface area (Å²) in [7, 11) is 0. The molecule has 2 N–H and O–H groups in total. The molecule has 1 fully saturated rings. The molecule has 21 heavy (non-hydrogen) atoms. The van der Waals surface area contributed by atoms with Gasteiger partial charge in [0.1, 0.15) is 0 Å². The van der Waals surface area contributed by atoms with E-state index in [1.165, 1.54) is 6.92 Å². The zero-order chi connectivity index (χ0) is 15.1. The highest BCUT2D eigenvalue weighted by Crippen LogP contribution is 2.10. The minimum atomic E-state index is -0.0743. The molecule has 0 unspecified atom stereocenters. The van der Waals surface area contributed by atoms with Gasteiger partial charge in [0.15, 0.2) is 0 Å². The normalized spacial score (nSPS) is 14.6. The molecule has 1 aliphatic heterocycles. The molecule has 3 amide bonds. The smallest absolute Gasteiger partial charge is 0.317 e. The lowest BCUT2D eigenvalue weighted by Gasteiger charge is -2.26. The van der Waals surface area contributed by atoms with Crippen molar-refractivity contribution in [3.05, 3.63) is 29.8 Å². The van der Waals surface area contributed by atoms with Crippen LogP contribution in [0.4, 0.5) is 10.5 Å². The van der Waals surface area contributed by atoms with Gasteiger partial charge in [-0.3, -0.25) is 4.79 Å². The SMILES string of the molecule is CC(=O)Nc1ccc(CCNC(=O)N2CCSCC2)cc1. The third-order valence-corrected chi connectivity index (χ3v) is 4.21. The summed E-state index contributed by atoms with van der Waals surface area (Å²) >= 11 is 1.89. The van der Waals surface area contributed by atoms with Crippen LogP contribution in [0.1, 0.15) is 12.5 Å². The van der Waals surface area contributed by atoms with Crippen LogP contribution in [-0.4, -0.2) is 48.0 Å². The molecule has 0 spiro atoms. The summed E-state index contributed by atoms with van der Waals surface area (Å²) in [6.45, 7) is 3.79. The number of hydrogen-bond acceptors (Lipinski definition) is 3. The largest absolute Gasteiger partial charge is 0.338 e. The Kier molecular flexibility index (Phi) is 5.92. The zero-order valence-electron chi connectivity index (χ0n) is 12.2. The van der Waals surface area contributed by atoms with Crippen LogP contribution < -0.4 is 10.6 Å². The van der Waals surface area contributed by atoms with Crippen molar-refractivity contribution in [1.29, 1.82) is 0 Å². The number of urea groups is 1. The maximum atomic E-state index is 11.9. The number of benzene rings is 1. The number of anilines is 1. The van der Waals surface area contributed by atoms with Gasteiger partial charge in [0.05, 0.1) is 0 Å². The fraction of sp³-hybridized carbons (Fsp3) is 0.467. The molecule has 5 nitrogen and oxygen atoms in total. The average molecular weight is 307 g/mol. The number of amides is 3. The number of nitrogens with zero attached hydrogens (tertiary/aromatic N) is 1. The molecule has 1 aliphatic rings. The fourth-order valence-corrected chi connectivity index (χ4v) is 3.05. The van der Waals surface area contributed by atoms with E-state index in [1.54, 1.807) is 0 Å². The van der Waals surface area contributed by atoms with Gasteiger partial charge in [-0.15, -0.1) is 0 Å². The minimum Gasteiger partial charge on any atom is -0.338 e. The summed E-state index contributed by atoms with van der Waals surface area (Å²) in [6.07, 6.45) is 0.786. The van der Waals surface area contributed by atoms with Crippen LogP contribution in [0.25, 0.3) is 0 Å². The van der Waals surface area contributed by atoms with Gasteiger partial charge in [-0.05, 0) is 24.1 Å². The lowest BCUT2D eigenvalue weighted by Crippen LogP contribution is -2.44. The van der Waals surface area contributed by atoms with Gasteiger partial charge >= 0.3 is 6.03 Å². The van der Waals surface area contributed by atoms with Crippen LogP contribution in [-0.2, 0) is 11.2 Å². The lowest BCUT2D eigenvalue weighted by molar-refractivity contribution is -0.114. The molecule has 0 radical (unpaired) electrons. The van der Waals surface area contributed by atoms with Gasteiger partial charge in [-0.1, -0.05) is 12.1 Å². The Hall–Kier alpha value is -1.69. The Balaban J connectivity index is 1.72. The molecular formula is C15H21N3O2S. The van der Waals surface area contributed by atoms with E-state index in [4.69, 9.17) is 0 Å². The minimum absolute atomic E-state index is 0.0326. The van der Waals surface area contributed by atoms with Crippen molar-refractivity contribution in [1.82, 2.24) is 10.2 Å². The highest BCUT2D eigenvalue weighted by atomic mass is 32.2. The third-order valence-electron chi connectivity index (χ3n) is 3.26. The molecule has 0 aromatic heterocycles. The first-order valence-electron chi connectivity index (χ1n) is 7.12. The van der Waals surface area contributed by atoms with Crippen LogP contribution in [0.15, 0.2) is 24.3 Å². The van der Waals surface area contributed by atoms with Crippen molar-refractivity contribution >= 4 is 29.4 Å². The number of thioether (sulfide) groups is 1. The summed E-state index contributed by atoms with van der Waals surface area (Å²) in [5, 5.41) is 5.69. The van der Waals surface area contributed by atoms with Crippen LogP contribution in [0, 0.1) is 0 Å². The van der Waals surface area contributed by atoms with Gasteiger partial charge in [0.2, 0.25) is 5.91 Å². The van der Waals surface area contributed by atoms with Gasteiger partial charge in [0, 0.05) is 43.8 Å². The van der Waals surface area contributed by atoms with Crippen molar-refractivity contribution in [2.45, 2.75) is 13.3 Å². The summed E-state index contributed by atoms with van der Waals surface area (Å²) in [4.78, 5) is 24.7. The Morgan fingerprint density at radius 3 is 2.48 bits per heavy atom. The molecule has 2 rings (SSSR count). The Morgan fingerprint density at radius 1 is 1.19 bits per heavy atom. The summed E-state index contributed by atoms with van der Waals surface area (Å²) in [5.74, 6) is 1.98. The molecule has 0 bridgehead atoms.